The zero-order valence-corrected chi connectivity index (χ0v) is 11.1. The highest BCUT2D eigenvalue weighted by Crippen LogP contribution is 2.29. The first-order chi connectivity index (χ1) is 9.06. The van der Waals surface area contributed by atoms with E-state index in [1.54, 1.807) is 10.7 Å². The molecule has 3 heterocycles. The fraction of sp³-hybridized carbons (Fsp3) is 0.167. The number of nitrogens with zero attached hydrogens (tertiary/aromatic N) is 4. The molecule has 6 nitrogen and oxygen atoms in total. The van der Waals surface area contributed by atoms with Crippen molar-refractivity contribution in [2.24, 2.45) is 0 Å². The lowest BCUT2D eigenvalue weighted by Crippen LogP contribution is -2.00. The van der Waals surface area contributed by atoms with Crippen LogP contribution in [0.15, 0.2) is 18.5 Å². The molecule has 0 aliphatic heterocycles. The molecule has 19 heavy (non-hydrogen) atoms. The number of hydrogen-bond acceptors (Lipinski definition) is 5. The number of rotatable bonds is 2. The molecule has 7 heteroatoms. The minimum absolute atomic E-state index is 0.301. The van der Waals surface area contributed by atoms with Gasteiger partial charge in [0.2, 0.25) is 0 Å². The summed E-state index contributed by atoms with van der Waals surface area (Å²) in [5.41, 5.74) is 1.62. The van der Waals surface area contributed by atoms with E-state index in [2.05, 4.69) is 15.1 Å². The van der Waals surface area contributed by atoms with Crippen molar-refractivity contribution in [2.45, 2.75) is 13.8 Å². The molecule has 0 amide bonds. The lowest BCUT2D eigenvalue weighted by molar-refractivity contribution is 0.0702. The molecule has 0 aliphatic carbocycles. The van der Waals surface area contributed by atoms with E-state index in [0.717, 1.165) is 21.6 Å². The van der Waals surface area contributed by atoms with E-state index in [9.17, 15) is 4.79 Å². The summed E-state index contributed by atoms with van der Waals surface area (Å²) in [6, 6.07) is 3.46. The zero-order valence-electron chi connectivity index (χ0n) is 10.3. The van der Waals surface area contributed by atoms with Crippen LogP contribution in [0.2, 0.25) is 0 Å². The molecule has 3 aromatic rings. The molecule has 0 aromatic carbocycles. The highest BCUT2D eigenvalue weighted by Gasteiger charge is 2.17. The van der Waals surface area contributed by atoms with Crippen LogP contribution in [0.3, 0.4) is 0 Å². The molecule has 0 atom stereocenters. The summed E-state index contributed by atoms with van der Waals surface area (Å²) in [5, 5.41) is 14.3. The first kappa shape index (κ1) is 11.8. The number of carboxylic acid groups (broad SMARTS) is 1. The third kappa shape index (κ3) is 1.88. The third-order valence-electron chi connectivity index (χ3n) is 2.76. The number of aromatic nitrogens is 4. The van der Waals surface area contributed by atoms with Gasteiger partial charge in [-0.15, -0.1) is 11.3 Å². The Hall–Kier alpha value is -2.28. The third-order valence-corrected chi connectivity index (χ3v) is 3.86. The summed E-state index contributed by atoms with van der Waals surface area (Å²) >= 11 is 1.19. The number of fused-ring (bicyclic) bond motifs is 1. The van der Waals surface area contributed by atoms with E-state index < -0.39 is 5.97 Å². The minimum Gasteiger partial charge on any atom is -0.477 e. The van der Waals surface area contributed by atoms with E-state index in [-0.39, 0.29) is 0 Å². The molecule has 0 saturated heterocycles. The van der Waals surface area contributed by atoms with Gasteiger partial charge in [0.1, 0.15) is 16.0 Å². The van der Waals surface area contributed by atoms with Gasteiger partial charge < -0.3 is 5.11 Å². The number of thiophene rings is 1. The van der Waals surface area contributed by atoms with E-state index in [1.165, 1.54) is 17.7 Å². The van der Waals surface area contributed by atoms with Crippen LogP contribution in [0.5, 0.6) is 0 Å². The Bertz CT molecular complexity index is 790. The molecule has 3 aromatic heterocycles. The van der Waals surface area contributed by atoms with Crippen LogP contribution >= 0.6 is 11.3 Å². The van der Waals surface area contributed by atoms with E-state index in [0.29, 0.717) is 10.7 Å². The predicted octanol–water partition coefficient (Wildman–Crippen LogP) is 2.19. The van der Waals surface area contributed by atoms with Crippen LogP contribution in [-0.2, 0) is 0 Å². The maximum absolute atomic E-state index is 11.0. The SMILES string of the molecule is Cc1cc(-n2nc(C)c3cc(C(=O)O)sc32)ncn1. The minimum atomic E-state index is -0.925. The largest absolute Gasteiger partial charge is 0.477 e. The summed E-state index contributed by atoms with van der Waals surface area (Å²) in [7, 11) is 0. The quantitative estimate of drug-likeness (QED) is 0.774. The molecule has 0 unspecified atom stereocenters. The Labute approximate surface area is 112 Å². The Kier molecular flexibility index (Phi) is 2.56. The summed E-state index contributed by atoms with van der Waals surface area (Å²) < 4.78 is 1.66. The van der Waals surface area contributed by atoms with E-state index in [4.69, 9.17) is 5.11 Å². The number of carbonyl (C=O) groups is 1. The lowest BCUT2D eigenvalue weighted by Gasteiger charge is -2.01. The van der Waals surface area contributed by atoms with Crippen LogP contribution < -0.4 is 0 Å². The summed E-state index contributed by atoms with van der Waals surface area (Å²) in [6.45, 7) is 3.72. The Morgan fingerprint density at radius 2 is 2.11 bits per heavy atom. The molecular weight excluding hydrogens is 264 g/mol. The average Bonchev–Trinajstić information content (AvgIpc) is 2.90. The topological polar surface area (TPSA) is 80.9 Å². The van der Waals surface area contributed by atoms with Gasteiger partial charge in [-0.1, -0.05) is 0 Å². The fourth-order valence-corrected chi connectivity index (χ4v) is 2.87. The second-order valence-electron chi connectivity index (χ2n) is 4.15. The van der Waals surface area contributed by atoms with Gasteiger partial charge in [-0.05, 0) is 19.9 Å². The van der Waals surface area contributed by atoms with Gasteiger partial charge in [0.25, 0.3) is 0 Å². The second kappa shape index (κ2) is 4.13. The molecule has 0 saturated carbocycles. The van der Waals surface area contributed by atoms with Crippen molar-refractivity contribution in [3.63, 3.8) is 0 Å². The molecule has 0 bridgehead atoms. The first-order valence-electron chi connectivity index (χ1n) is 5.58. The number of aryl methyl sites for hydroxylation is 2. The van der Waals surface area contributed by atoms with Gasteiger partial charge in [-0.3, -0.25) is 0 Å². The highest BCUT2D eigenvalue weighted by molar-refractivity contribution is 7.20. The van der Waals surface area contributed by atoms with Crippen molar-refractivity contribution in [1.82, 2.24) is 19.7 Å². The summed E-state index contributed by atoms with van der Waals surface area (Å²) in [4.78, 5) is 20.3. The number of carboxylic acids is 1. The van der Waals surface area contributed by atoms with Crippen molar-refractivity contribution in [1.29, 1.82) is 0 Å². The Morgan fingerprint density at radius 3 is 2.79 bits per heavy atom. The van der Waals surface area contributed by atoms with Gasteiger partial charge in [0.05, 0.1) is 5.69 Å². The van der Waals surface area contributed by atoms with Gasteiger partial charge in [-0.2, -0.15) is 5.10 Å². The van der Waals surface area contributed by atoms with E-state index >= 15 is 0 Å². The van der Waals surface area contributed by atoms with Crippen LogP contribution in [0.1, 0.15) is 21.1 Å². The monoisotopic (exact) mass is 274 g/mol. The predicted molar refractivity (Wildman–Crippen MR) is 71.0 cm³/mol. The van der Waals surface area contributed by atoms with Crippen LogP contribution in [0.25, 0.3) is 16.0 Å². The molecule has 3 rings (SSSR count). The van der Waals surface area contributed by atoms with Crippen molar-refractivity contribution in [3.05, 3.63) is 34.7 Å². The molecule has 0 fully saturated rings. The van der Waals surface area contributed by atoms with Gasteiger partial charge >= 0.3 is 5.97 Å². The van der Waals surface area contributed by atoms with Crippen molar-refractivity contribution in [3.8, 4) is 5.82 Å². The number of hydrogen-bond donors (Lipinski definition) is 1. The maximum Gasteiger partial charge on any atom is 0.345 e. The van der Waals surface area contributed by atoms with Crippen LogP contribution in [0, 0.1) is 13.8 Å². The van der Waals surface area contributed by atoms with Crippen LogP contribution in [-0.4, -0.2) is 30.8 Å². The van der Waals surface area contributed by atoms with Gasteiger partial charge in [-0.25, -0.2) is 19.4 Å². The molecular formula is C12H10N4O2S. The standard InChI is InChI=1S/C12H10N4O2S/c1-6-3-10(14-5-13-6)16-11-8(7(2)15-16)4-9(19-11)12(17)18/h3-5H,1-2H3,(H,17,18). The molecule has 96 valence electrons. The van der Waals surface area contributed by atoms with Crippen molar-refractivity contribution in [2.75, 3.05) is 0 Å². The highest BCUT2D eigenvalue weighted by atomic mass is 32.1. The Balaban J connectivity index is 2.26. The maximum atomic E-state index is 11.0. The normalized spacial score (nSPS) is 11.1. The lowest BCUT2D eigenvalue weighted by atomic mass is 10.3. The smallest absolute Gasteiger partial charge is 0.345 e. The second-order valence-corrected chi connectivity index (χ2v) is 5.18. The Morgan fingerprint density at radius 1 is 1.32 bits per heavy atom. The summed E-state index contributed by atoms with van der Waals surface area (Å²) in [5.74, 6) is -0.282. The van der Waals surface area contributed by atoms with Crippen molar-refractivity contribution >= 4 is 27.5 Å². The van der Waals surface area contributed by atoms with Gasteiger partial charge in [0, 0.05) is 17.1 Å². The fourth-order valence-electron chi connectivity index (χ4n) is 1.86. The number of aromatic carboxylic acids is 1. The molecule has 0 radical (unpaired) electrons. The molecule has 0 spiro atoms. The van der Waals surface area contributed by atoms with Crippen LogP contribution in [0.4, 0.5) is 0 Å². The average molecular weight is 274 g/mol. The first-order valence-corrected chi connectivity index (χ1v) is 6.39. The van der Waals surface area contributed by atoms with Crippen molar-refractivity contribution < 1.29 is 9.90 Å². The van der Waals surface area contributed by atoms with E-state index in [1.807, 2.05) is 19.9 Å². The molecule has 0 aliphatic rings. The van der Waals surface area contributed by atoms with Gasteiger partial charge in [0.15, 0.2) is 5.82 Å². The zero-order chi connectivity index (χ0) is 13.6. The summed E-state index contributed by atoms with van der Waals surface area (Å²) in [6.07, 6.45) is 1.47. The molecule has 1 N–H and O–H groups in total.